The summed E-state index contributed by atoms with van der Waals surface area (Å²) < 4.78 is 0. The molecule has 12 aromatic rings. The number of carboxylic acid groups (broad SMARTS) is 3. The molecule has 18 rings (SSSR count). The van der Waals surface area contributed by atoms with Crippen LogP contribution in [0, 0.1) is 41.4 Å². The van der Waals surface area contributed by atoms with E-state index in [2.05, 4.69) is 209 Å². The normalized spacial score (nSPS) is 18.9. The van der Waals surface area contributed by atoms with Gasteiger partial charge in [-0.1, -0.05) is 261 Å². The maximum Gasteiger partial charge on any atom is 0.310 e. The van der Waals surface area contributed by atoms with Gasteiger partial charge in [0.2, 0.25) is 17.7 Å². The third-order valence-corrected chi connectivity index (χ3v) is 34.5. The second-order valence-electron chi connectivity index (χ2n) is 44.4. The molecule has 3 aliphatic carbocycles. The standard InChI is InChI=1S/C41H48N4O4S.2C39H44N4O4S/c1-25(2)27-10-12-28(13-11-27)29-14-16-30(17-15-29)32-21-42-37(43-22-32)31-8-6-26(7-9-31)20-34(39(47)45-23-33(24-45)40(48)49)44-38(46)35-18-19-36(50-35)41(3,4)5;2*1-24-5-9-26(10-6-24)27-13-15-28(16-14-27)30-20-40-35(41-21-30)29-11-7-25(8-12-29)19-32(37(45)43-22-31(23-43)38(46)47)42-36(44)33-17-18-34(48-33)39(2,3)4/h6-9,14-19,21-22,25,27-28,33-34H,10-13,20,23-24H2,1-5H3,(H,44,46)(H,48,49);2*7-8,11-18,20-21,24,26,31-32H,5-6,9-10,19,22-23H2,1-4H3,(H,42,44)(H,46,47)/t27?,28?,34-;2*24?,26?,32-/m000/s1. The summed E-state index contributed by atoms with van der Waals surface area (Å²) in [5, 5.41) is 36.8. The molecule has 3 atom stereocenters. The van der Waals surface area contributed by atoms with Crippen LogP contribution in [0.25, 0.3) is 67.5 Å². The molecule has 6 amide bonds. The molecular formula is C119H136N12O12S3. The van der Waals surface area contributed by atoms with E-state index in [1.54, 1.807) is 18.2 Å². The van der Waals surface area contributed by atoms with Gasteiger partial charge < -0.3 is 46.0 Å². The average Bonchev–Trinajstić information content (AvgIpc) is 1.25. The van der Waals surface area contributed by atoms with Crippen LogP contribution in [0.15, 0.2) is 219 Å². The molecule has 27 heteroatoms. The number of hydrogen-bond acceptors (Lipinski definition) is 18. The van der Waals surface area contributed by atoms with Gasteiger partial charge in [0.1, 0.15) is 18.1 Å². The minimum atomic E-state index is -0.916. The van der Waals surface area contributed by atoms with Crippen molar-refractivity contribution in [2.45, 2.75) is 238 Å². The summed E-state index contributed by atoms with van der Waals surface area (Å²) in [6.07, 6.45) is 27.4. The number of aromatic nitrogens is 6. The number of carboxylic acids is 3. The molecule has 0 spiro atoms. The minimum absolute atomic E-state index is 0.0908. The van der Waals surface area contributed by atoms with Crippen LogP contribution in [-0.2, 0) is 64.3 Å². The van der Waals surface area contributed by atoms with E-state index in [0.29, 0.717) is 49.9 Å². The van der Waals surface area contributed by atoms with E-state index in [1.165, 1.54) is 142 Å². The second-order valence-corrected chi connectivity index (χ2v) is 47.6. The SMILES string of the molecule is CC(C)C1CCC(c2ccc(-c3cnc(-c4ccc(C[C@H](NC(=O)c5ccc(C(C)(C)C)s5)C(=O)N5CC(C(=O)O)C5)cc4)nc3)cc2)CC1.CC1CCC(c2ccc(-c3cnc(-c4ccc(C[C@H](NC(=O)c5ccc(C(C)(C)C)s5)C(=O)N5CC(C(=O)O)C5)cc4)nc3)cc2)CC1.CC1CCC(c2ccc(-c3cnc(-c4ccc(C[C@H](NC(=O)c5ccc(C(C)(C)C)s5)C(=O)N5CC(C(=O)O)C5)cc4)nc3)cc2)CC1. The van der Waals surface area contributed by atoms with Gasteiger partial charge in [0.15, 0.2) is 17.5 Å². The molecule has 762 valence electrons. The van der Waals surface area contributed by atoms with Crippen molar-refractivity contribution < 1.29 is 58.5 Å². The predicted molar refractivity (Wildman–Crippen MR) is 576 cm³/mol. The van der Waals surface area contributed by atoms with Crippen molar-refractivity contribution >= 4 is 87.4 Å². The van der Waals surface area contributed by atoms with Gasteiger partial charge in [0.05, 0.1) is 32.4 Å². The fraction of sp³-hybridized carbons (Fsp3) is 0.420. The monoisotopic (exact) mass is 2020 g/mol. The molecular weight excluding hydrogens is 1890 g/mol. The molecule has 9 heterocycles. The molecule has 6 fully saturated rings. The van der Waals surface area contributed by atoms with Crippen LogP contribution >= 0.6 is 34.0 Å². The van der Waals surface area contributed by atoms with Crippen LogP contribution in [0.3, 0.4) is 0 Å². The molecule has 3 aliphatic heterocycles. The lowest BCUT2D eigenvalue weighted by molar-refractivity contribution is -0.155. The largest absolute Gasteiger partial charge is 0.481 e. The van der Waals surface area contributed by atoms with Crippen molar-refractivity contribution in [3.05, 3.63) is 282 Å². The Labute approximate surface area is 869 Å². The van der Waals surface area contributed by atoms with Crippen molar-refractivity contribution in [3.8, 4) is 67.5 Å². The van der Waals surface area contributed by atoms with E-state index in [1.807, 2.05) is 128 Å². The number of thiophene rings is 3. The number of amides is 6. The Balaban J connectivity index is 0.000000157. The molecule has 6 aromatic heterocycles. The zero-order valence-corrected chi connectivity index (χ0v) is 88.4. The number of nitrogens with zero attached hydrogens (tertiary/aromatic N) is 9. The van der Waals surface area contributed by atoms with E-state index < -0.39 is 53.8 Å². The molecule has 0 bridgehead atoms. The number of hydrogen-bond donors (Lipinski definition) is 6. The summed E-state index contributed by atoms with van der Waals surface area (Å²) in [4.78, 5) is 152. The highest BCUT2D eigenvalue weighted by Gasteiger charge is 2.43. The molecule has 0 unspecified atom stereocenters. The van der Waals surface area contributed by atoms with Crippen molar-refractivity contribution in [1.82, 2.24) is 60.6 Å². The van der Waals surface area contributed by atoms with Gasteiger partial charge in [-0.25, -0.2) is 29.9 Å². The fourth-order valence-electron chi connectivity index (χ4n) is 20.1. The Morgan fingerprint density at radius 2 is 0.534 bits per heavy atom. The molecule has 0 radical (unpaired) electrons. The van der Waals surface area contributed by atoms with Gasteiger partial charge in [-0.3, -0.25) is 43.2 Å². The van der Waals surface area contributed by atoms with E-state index in [0.717, 1.165) is 105 Å². The second kappa shape index (κ2) is 46.3. The predicted octanol–water partition coefficient (Wildman–Crippen LogP) is 22.7. The van der Waals surface area contributed by atoms with Crippen LogP contribution < -0.4 is 16.0 Å². The number of carbonyl (C=O) groups excluding carboxylic acids is 6. The number of likely N-dealkylation sites (tertiary alicyclic amines) is 3. The summed E-state index contributed by atoms with van der Waals surface area (Å²) in [5.41, 5.74) is 15.3. The summed E-state index contributed by atoms with van der Waals surface area (Å²) in [5.74, 6) is 0.822. The summed E-state index contributed by atoms with van der Waals surface area (Å²) in [6.45, 7) is 29.1. The fourth-order valence-corrected chi connectivity index (χ4v) is 23.0. The zero-order chi connectivity index (χ0) is 104. The van der Waals surface area contributed by atoms with Crippen LogP contribution in [0.1, 0.15) is 262 Å². The molecule has 3 saturated carbocycles. The number of nitrogens with one attached hydrogen (secondary N) is 3. The highest BCUT2D eigenvalue weighted by Crippen LogP contribution is 2.43. The lowest BCUT2D eigenvalue weighted by atomic mass is 9.75. The lowest BCUT2D eigenvalue weighted by Crippen LogP contribution is -2.59. The number of benzene rings is 6. The minimum Gasteiger partial charge on any atom is -0.481 e. The topological polar surface area (TPSA) is 337 Å². The Morgan fingerprint density at radius 3 is 0.747 bits per heavy atom. The van der Waals surface area contributed by atoms with Gasteiger partial charge in [-0.15, -0.1) is 34.0 Å². The zero-order valence-electron chi connectivity index (χ0n) is 85.9. The van der Waals surface area contributed by atoms with Crippen molar-refractivity contribution in [3.63, 3.8) is 0 Å². The molecule has 3 saturated heterocycles. The van der Waals surface area contributed by atoms with Gasteiger partial charge >= 0.3 is 17.9 Å². The molecule has 6 N–H and O–H groups in total. The first-order valence-corrected chi connectivity index (χ1v) is 54.0. The molecule has 146 heavy (non-hydrogen) atoms. The quantitative estimate of drug-likeness (QED) is 0.0265. The summed E-state index contributed by atoms with van der Waals surface area (Å²) in [6, 6.07) is 58.3. The Bertz CT molecular complexity index is 6280. The maximum atomic E-state index is 13.5. The molecule has 24 nitrogen and oxygen atoms in total. The summed E-state index contributed by atoms with van der Waals surface area (Å²) in [7, 11) is 0. The average molecular weight is 2020 g/mol. The Hall–Kier alpha value is -13.1. The van der Waals surface area contributed by atoms with Crippen molar-refractivity contribution in [2.24, 2.45) is 41.4 Å². The van der Waals surface area contributed by atoms with Gasteiger partial charge in [0.25, 0.3) is 17.7 Å². The first-order valence-electron chi connectivity index (χ1n) is 51.6. The number of aliphatic carboxylic acids is 3. The van der Waals surface area contributed by atoms with Crippen LogP contribution in [0.5, 0.6) is 0 Å². The van der Waals surface area contributed by atoms with Gasteiger partial charge in [-0.05, 0) is 196 Å². The smallest absolute Gasteiger partial charge is 0.310 e. The van der Waals surface area contributed by atoms with E-state index in [4.69, 9.17) is 0 Å². The van der Waals surface area contributed by atoms with Gasteiger partial charge in [0, 0.05) is 144 Å². The third kappa shape index (κ3) is 26.6. The third-order valence-electron chi connectivity index (χ3n) is 29.9. The first-order chi connectivity index (χ1) is 69.7. The molecule has 6 aromatic carbocycles. The molecule has 6 aliphatic rings. The summed E-state index contributed by atoms with van der Waals surface area (Å²) >= 11 is 4.25. The van der Waals surface area contributed by atoms with Crippen molar-refractivity contribution in [2.75, 3.05) is 39.3 Å². The Kier molecular flexibility index (Phi) is 33.5. The number of carbonyl (C=O) groups is 9. The first kappa shape index (κ1) is 106. The van der Waals surface area contributed by atoms with Crippen molar-refractivity contribution in [1.29, 1.82) is 0 Å². The van der Waals surface area contributed by atoms with E-state index in [9.17, 15) is 58.5 Å². The van der Waals surface area contributed by atoms with Crippen LogP contribution in [0.2, 0.25) is 0 Å². The maximum absolute atomic E-state index is 13.5. The number of rotatable bonds is 28. The highest BCUT2D eigenvalue weighted by atomic mass is 32.1. The van der Waals surface area contributed by atoms with Crippen LogP contribution in [-0.4, -0.2) is 171 Å². The van der Waals surface area contributed by atoms with E-state index in [-0.39, 0.29) is 110 Å². The lowest BCUT2D eigenvalue weighted by Gasteiger charge is -2.38. The van der Waals surface area contributed by atoms with E-state index >= 15 is 0 Å². The Morgan fingerprint density at radius 1 is 0.308 bits per heavy atom. The highest BCUT2D eigenvalue weighted by molar-refractivity contribution is 7.14. The van der Waals surface area contributed by atoms with Crippen LogP contribution in [0.4, 0.5) is 0 Å². The van der Waals surface area contributed by atoms with Gasteiger partial charge in [-0.2, -0.15) is 0 Å².